The predicted molar refractivity (Wildman–Crippen MR) is 87.0 cm³/mol. The van der Waals surface area contributed by atoms with Gasteiger partial charge in [-0.3, -0.25) is 4.79 Å². The lowest BCUT2D eigenvalue weighted by molar-refractivity contribution is 0.0903. The smallest absolute Gasteiger partial charge is 0.251 e. The second-order valence-electron chi connectivity index (χ2n) is 6.64. The topological polar surface area (TPSA) is 41.6 Å². The van der Waals surface area contributed by atoms with Gasteiger partial charge in [-0.2, -0.15) is 0 Å². The van der Waals surface area contributed by atoms with Crippen LogP contribution in [0.25, 0.3) is 0 Å². The summed E-state index contributed by atoms with van der Waals surface area (Å²) in [6.45, 7) is 7.19. The zero-order chi connectivity index (χ0) is 15.4. The summed E-state index contributed by atoms with van der Waals surface area (Å²) in [7, 11) is 0. The Hall–Kier alpha value is -1.39. The molecule has 4 heteroatoms. The molecule has 1 aromatic rings. The maximum atomic E-state index is 12.2. The third kappa shape index (κ3) is 4.08. The van der Waals surface area contributed by atoms with Gasteiger partial charge >= 0.3 is 0 Å². The molecule has 0 radical (unpaired) electrons. The van der Waals surface area contributed by atoms with Crippen molar-refractivity contribution >= 4 is 5.91 Å². The summed E-state index contributed by atoms with van der Waals surface area (Å²) in [5.74, 6) is 0.765. The number of benzene rings is 1. The molecule has 1 atom stereocenters. The predicted octanol–water partition coefficient (Wildman–Crippen LogP) is 2.23. The summed E-state index contributed by atoms with van der Waals surface area (Å²) >= 11 is 0. The van der Waals surface area contributed by atoms with Crippen molar-refractivity contribution in [3.63, 3.8) is 0 Å². The first-order valence-corrected chi connectivity index (χ1v) is 8.38. The Morgan fingerprint density at radius 3 is 2.59 bits per heavy atom. The summed E-state index contributed by atoms with van der Waals surface area (Å²) < 4.78 is 5.45. The molecule has 0 aliphatic carbocycles. The van der Waals surface area contributed by atoms with Gasteiger partial charge in [0.05, 0.1) is 6.61 Å². The van der Waals surface area contributed by atoms with Gasteiger partial charge in [-0.15, -0.1) is 0 Å². The van der Waals surface area contributed by atoms with Gasteiger partial charge in [-0.25, -0.2) is 0 Å². The molecule has 4 nitrogen and oxygen atoms in total. The molecule has 2 heterocycles. The van der Waals surface area contributed by atoms with Crippen LogP contribution < -0.4 is 5.32 Å². The average molecular weight is 302 g/mol. The van der Waals surface area contributed by atoms with Gasteiger partial charge in [0.25, 0.3) is 5.91 Å². The van der Waals surface area contributed by atoms with Gasteiger partial charge in [0.2, 0.25) is 0 Å². The van der Waals surface area contributed by atoms with E-state index in [1.54, 1.807) is 0 Å². The monoisotopic (exact) mass is 302 g/mol. The molecule has 0 aromatic heterocycles. The second kappa shape index (κ2) is 7.25. The summed E-state index contributed by atoms with van der Waals surface area (Å²) in [6.07, 6.45) is 3.29. The van der Waals surface area contributed by atoms with Crippen LogP contribution >= 0.6 is 0 Å². The molecule has 1 amide bonds. The van der Waals surface area contributed by atoms with E-state index in [1.807, 2.05) is 31.2 Å². The zero-order valence-electron chi connectivity index (χ0n) is 13.4. The number of carbonyl (C=O) groups is 1. The Kier molecular flexibility index (Phi) is 5.11. The van der Waals surface area contributed by atoms with E-state index in [9.17, 15) is 4.79 Å². The number of piperidine rings is 1. The van der Waals surface area contributed by atoms with Gasteiger partial charge in [-0.05, 0) is 44.2 Å². The Bertz CT molecular complexity index is 486. The Labute approximate surface area is 132 Å². The van der Waals surface area contributed by atoms with Crippen LogP contribution in [0, 0.1) is 12.8 Å². The van der Waals surface area contributed by atoms with E-state index in [2.05, 4.69) is 10.2 Å². The SMILES string of the molecule is Cc1ccc(C(=O)NC2CCN(CC3CCOC3)CC2)cc1. The second-order valence-corrected chi connectivity index (χ2v) is 6.64. The lowest BCUT2D eigenvalue weighted by atomic mass is 10.0. The van der Waals surface area contributed by atoms with Crippen molar-refractivity contribution in [1.29, 1.82) is 0 Å². The average Bonchev–Trinajstić information content (AvgIpc) is 3.03. The molecule has 22 heavy (non-hydrogen) atoms. The highest BCUT2D eigenvalue weighted by molar-refractivity contribution is 5.94. The number of nitrogens with one attached hydrogen (secondary N) is 1. The van der Waals surface area contributed by atoms with Gasteiger partial charge < -0.3 is 15.0 Å². The minimum absolute atomic E-state index is 0.0580. The molecule has 2 saturated heterocycles. The van der Waals surface area contributed by atoms with Crippen LogP contribution in [0.5, 0.6) is 0 Å². The van der Waals surface area contributed by atoms with Crippen molar-refractivity contribution in [2.45, 2.75) is 32.2 Å². The molecule has 3 rings (SSSR count). The number of hydrogen-bond donors (Lipinski definition) is 1. The zero-order valence-corrected chi connectivity index (χ0v) is 13.4. The number of rotatable bonds is 4. The molecule has 1 N–H and O–H groups in total. The first-order chi connectivity index (χ1) is 10.7. The lowest BCUT2D eigenvalue weighted by Crippen LogP contribution is -2.45. The molecule has 2 fully saturated rings. The van der Waals surface area contributed by atoms with Crippen molar-refractivity contribution in [2.24, 2.45) is 5.92 Å². The summed E-state index contributed by atoms with van der Waals surface area (Å²) in [5, 5.41) is 3.18. The largest absolute Gasteiger partial charge is 0.381 e. The molecule has 2 aliphatic heterocycles. The van der Waals surface area contributed by atoms with Gasteiger partial charge in [0.15, 0.2) is 0 Å². The molecular weight excluding hydrogens is 276 g/mol. The van der Waals surface area contributed by atoms with Gasteiger partial charge in [0, 0.05) is 37.8 Å². The van der Waals surface area contributed by atoms with Crippen LogP contribution in [0.1, 0.15) is 35.2 Å². The Balaban J connectivity index is 1.43. The summed E-state index contributed by atoms with van der Waals surface area (Å²) in [4.78, 5) is 14.8. The lowest BCUT2D eigenvalue weighted by Gasteiger charge is -2.33. The van der Waals surface area contributed by atoms with E-state index in [-0.39, 0.29) is 5.91 Å². The first kappa shape index (κ1) is 15.5. The van der Waals surface area contributed by atoms with Crippen molar-refractivity contribution in [3.8, 4) is 0 Å². The number of aryl methyl sites for hydroxylation is 1. The van der Waals surface area contributed by atoms with E-state index < -0.39 is 0 Å². The Morgan fingerprint density at radius 2 is 1.95 bits per heavy atom. The molecule has 2 aliphatic rings. The molecule has 1 unspecified atom stereocenters. The van der Waals surface area contributed by atoms with E-state index in [4.69, 9.17) is 4.74 Å². The fourth-order valence-electron chi connectivity index (χ4n) is 3.33. The third-order valence-corrected chi connectivity index (χ3v) is 4.78. The quantitative estimate of drug-likeness (QED) is 0.927. The highest BCUT2D eigenvalue weighted by Gasteiger charge is 2.24. The van der Waals surface area contributed by atoms with E-state index >= 15 is 0 Å². The molecule has 0 bridgehead atoms. The summed E-state index contributed by atoms with van der Waals surface area (Å²) in [5.41, 5.74) is 1.94. The molecule has 0 saturated carbocycles. The normalized spacial score (nSPS) is 23.6. The highest BCUT2D eigenvalue weighted by atomic mass is 16.5. The highest BCUT2D eigenvalue weighted by Crippen LogP contribution is 2.18. The van der Waals surface area contributed by atoms with Crippen LogP contribution in [-0.4, -0.2) is 49.7 Å². The summed E-state index contributed by atoms with van der Waals surface area (Å²) in [6, 6.07) is 8.09. The maximum Gasteiger partial charge on any atom is 0.251 e. The van der Waals surface area contributed by atoms with Crippen molar-refractivity contribution < 1.29 is 9.53 Å². The van der Waals surface area contributed by atoms with Crippen molar-refractivity contribution in [2.75, 3.05) is 32.8 Å². The number of amides is 1. The van der Waals surface area contributed by atoms with Crippen LogP contribution in [0.15, 0.2) is 24.3 Å². The molecule has 0 spiro atoms. The van der Waals surface area contributed by atoms with Gasteiger partial charge in [-0.1, -0.05) is 17.7 Å². The van der Waals surface area contributed by atoms with Gasteiger partial charge in [0.1, 0.15) is 0 Å². The van der Waals surface area contributed by atoms with E-state index in [1.165, 1.54) is 12.0 Å². The van der Waals surface area contributed by atoms with Crippen LogP contribution in [0.4, 0.5) is 0 Å². The van der Waals surface area contributed by atoms with Crippen molar-refractivity contribution in [1.82, 2.24) is 10.2 Å². The molecule has 120 valence electrons. The number of carbonyl (C=O) groups excluding carboxylic acids is 1. The fraction of sp³-hybridized carbons (Fsp3) is 0.611. The molecular formula is C18H26N2O2. The minimum Gasteiger partial charge on any atom is -0.381 e. The van der Waals surface area contributed by atoms with Crippen LogP contribution in [0.3, 0.4) is 0 Å². The standard InChI is InChI=1S/C18H26N2O2/c1-14-2-4-16(5-3-14)18(21)19-17-6-9-20(10-7-17)12-15-8-11-22-13-15/h2-5,15,17H,6-13H2,1H3,(H,19,21). The van der Waals surface area contributed by atoms with Crippen LogP contribution in [0.2, 0.25) is 0 Å². The van der Waals surface area contributed by atoms with E-state index in [0.29, 0.717) is 12.0 Å². The Morgan fingerprint density at radius 1 is 1.23 bits per heavy atom. The van der Waals surface area contributed by atoms with Crippen LogP contribution in [-0.2, 0) is 4.74 Å². The maximum absolute atomic E-state index is 12.2. The molecule has 1 aromatic carbocycles. The third-order valence-electron chi connectivity index (χ3n) is 4.78. The number of nitrogens with zero attached hydrogens (tertiary/aromatic N) is 1. The van der Waals surface area contributed by atoms with E-state index in [0.717, 1.165) is 51.3 Å². The fourth-order valence-corrected chi connectivity index (χ4v) is 3.33. The number of hydrogen-bond acceptors (Lipinski definition) is 3. The number of likely N-dealkylation sites (tertiary alicyclic amines) is 1. The first-order valence-electron chi connectivity index (χ1n) is 8.38. The van der Waals surface area contributed by atoms with Crippen molar-refractivity contribution in [3.05, 3.63) is 35.4 Å². The minimum atomic E-state index is 0.0580. The number of ether oxygens (including phenoxy) is 1.